The zero-order valence-corrected chi connectivity index (χ0v) is 6.04. The van der Waals surface area contributed by atoms with Crippen LogP contribution in [-0.4, -0.2) is 16.9 Å². The Balaban J connectivity index is 2.38. The highest BCUT2D eigenvalue weighted by Crippen LogP contribution is 2.19. The molecule has 0 saturated heterocycles. The molecule has 2 rings (SSSR count). The van der Waals surface area contributed by atoms with Crippen molar-refractivity contribution in [3.8, 4) is 0 Å². The van der Waals surface area contributed by atoms with Crippen LogP contribution in [0.2, 0.25) is 0 Å². The van der Waals surface area contributed by atoms with Crippen LogP contribution in [0.3, 0.4) is 0 Å². The van der Waals surface area contributed by atoms with Gasteiger partial charge in [0.05, 0.1) is 19.8 Å². The van der Waals surface area contributed by atoms with E-state index >= 15 is 0 Å². The standard InChI is InChI=1S/C7H9NO3/c9-3-6-5-4-10-2-1-7(5)11-8-6/h9H,1-4H2. The molecule has 1 aromatic rings. The molecule has 0 unspecified atom stereocenters. The van der Waals surface area contributed by atoms with Gasteiger partial charge >= 0.3 is 0 Å². The Morgan fingerprint density at radius 2 is 2.45 bits per heavy atom. The minimum Gasteiger partial charge on any atom is -0.390 e. The summed E-state index contributed by atoms with van der Waals surface area (Å²) in [7, 11) is 0. The number of nitrogens with zero attached hydrogens (tertiary/aromatic N) is 1. The van der Waals surface area contributed by atoms with Gasteiger partial charge in [-0.15, -0.1) is 0 Å². The van der Waals surface area contributed by atoms with Crippen LogP contribution in [0.4, 0.5) is 0 Å². The smallest absolute Gasteiger partial charge is 0.144 e. The molecule has 1 aliphatic heterocycles. The average Bonchev–Trinajstić information content (AvgIpc) is 2.47. The number of ether oxygens (including phenoxy) is 1. The maximum atomic E-state index is 8.80. The second-order valence-electron chi connectivity index (χ2n) is 2.49. The first-order chi connectivity index (χ1) is 5.42. The van der Waals surface area contributed by atoms with Crippen LogP contribution >= 0.6 is 0 Å². The molecule has 0 saturated carbocycles. The van der Waals surface area contributed by atoms with Gasteiger partial charge in [-0.3, -0.25) is 0 Å². The summed E-state index contributed by atoms with van der Waals surface area (Å²) in [6.45, 7) is 1.14. The van der Waals surface area contributed by atoms with Crippen molar-refractivity contribution in [3.63, 3.8) is 0 Å². The quantitative estimate of drug-likeness (QED) is 0.631. The summed E-state index contributed by atoms with van der Waals surface area (Å²) in [6, 6.07) is 0. The predicted octanol–water partition coefficient (Wildman–Crippen LogP) is 0.240. The lowest BCUT2D eigenvalue weighted by atomic mass is 10.1. The Kier molecular flexibility index (Phi) is 1.63. The molecule has 1 N–H and O–H groups in total. The third-order valence-electron chi connectivity index (χ3n) is 1.82. The second-order valence-corrected chi connectivity index (χ2v) is 2.49. The van der Waals surface area contributed by atoms with Crippen LogP contribution in [0.1, 0.15) is 17.0 Å². The molecule has 0 spiro atoms. The van der Waals surface area contributed by atoms with E-state index in [0.717, 1.165) is 17.7 Å². The third kappa shape index (κ3) is 1.04. The summed E-state index contributed by atoms with van der Waals surface area (Å²) in [5.74, 6) is 0.861. The fraction of sp³-hybridized carbons (Fsp3) is 0.571. The Morgan fingerprint density at radius 3 is 3.27 bits per heavy atom. The highest BCUT2D eigenvalue weighted by molar-refractivity contribution is 5.23. The van der Waals surface area contributed by atoms with E-state index in [1.54, 1.807) is 0 Å². The predicted molar refractivity (Wildman–Crippen MR) is 35.8 cm³/mol. The summed E-state index contributed by atoms with van der Waals surface area (Å²) >= 11 is 0. The Morgan fingerprint density at radius 1 is 1.55 bits per heavy atom. The highest BCUT2D eigenvalue weighted by Gasteiger charge is 2.18. The summed E-state index contributed by atoms with van der Waals surface area (Å²) in [6.07, 6.45) is 0.766. The zero-order valence-electron chi connectivity index (χ0n) is 6.04. The van der Waals surface area contributed by atoms with Crippen molar-refractivity contribution in [2.24, 2.45) is 0 Å². The molecule has 0 bridgehead atoms. The molecule has 0 aliphatic carbocycles. The average molecular weight is 155 g/mol. The second kappa shape index (κ2) is 2.64. The van der Waals surface area contributed by atoms with Gasteiger partial charge < -0.3 is 14.4 Å². The van der Waals surface area contributed by atoms with Gasteiger partial charge in [-0.1, -0.05) is 5.16 Å². The van der Waals surface area contributed by atoms with Crippen molar-refractivity contribution >= 4 is 0 Å². The molecule has 4 nitrogen and oxygen atoms in total. The molecule has 60 valence electrons. The molecule has 11 heavy (non-hydrogen) atoms. The van der Waals surface area contributed by atoms with Crippen LogP contribution < -0.4 is 0 Å². The number of rotatable bonds is 1. The summed E-state index contributed by atoms with van der Waals surface area (Å²) in [5, 5.41) is 12.5. The van der Waals surface area contributed by atoms with Crippen LogP contribution in [0.15, 0.2) is 4.52 Å². The minimum atomic E-state index is -0.0673. The monoisotopic (exact) mass is 155 g/mol. The number of aliphatic hydroxyl groups is 1. The van der Waals surface area contributed by atoms with E-state index in [2.05, 4.69) is 5.16 Å². The Labute approximate surface area is 63.8 Å². The van der Waals surface area contributed by atoms with E-state index in [1.807, 2.05) is 0 Å². The molecule has 0 radical (unpaired) electrons. The SMILES string of the molecule is OCc1noc2c1COCC2. The van der Waals surface area contributed by atoms with Gasteiger partial charge in [-0.25, -0.2) is 0 Å². The fourth-order valence-electron chi connectivity index (χ4n) is 1.21. The van der Waals surface area contributed by atoms with Crippen molar-refractivity contribution in [1.82, 2.24) is 5.16 Å². The van der Waals surface area contributed by atoms with E-state index in [0.29, 0.717) is 18.9 Å². The van der Waals surface area contributed by atoms with Gasteiger partial charge in [0.2, 0.25) is 0 Å². The summed E-state index contributed by atoms with van der Waals surface area (Å²) in [4.78, 5) is 0. The number of fused-ring (bicyclic) bond motifs is 1. The lowest BCUT2D eigenvalue weighted by molar-refractivity contribution is 0.102. The Bertz CT molecular complexity index is 243. The number of hydrogen-bond acceptors (Lipinski definition) is 4. The number of aliphatic hydroxyl groups excluding tert-OH is 1. The Hall–Kier alpha value is -0.870. The number of aromatic nitrogens is 1. The first-order valence-corrected chi connectivity index (χ1v) is 3.56. The first kappa shape index (κ1) is 6.82. The van der Waals surface area contributed by atoms with Crippen molar-refractivity contribution in [3.05, 3.63) is 17.0 Å². The molecule has 0 amide bonds. The molecule has 1 aromatic heterocycles. The molecule has 2 heterocycles. The normalized spacial score (nSPS) is 16.5. The van der Waals surface area contributed by atoms with Crippen molar-refractivity contribution in [2.45, 2.75) is 19.6 Å². The van der Waals surface area contributed by atoms with Crippen LogP contribution in [0.5, 0.6) is 0 Å². The van der Waals surface area contributed by atoms with Gasteiger partial charge in [-0.05, 0) is 0 Å². The fourth-order valence-corrected chi connectivity index (χ4v) is 1.21. The van der Waals surface area contributed by atoms with Gasteiger partial charge in [0, 0.05) is 12.0 Å². The minimum absolute atomic E-state index is 0.0673. The zero-order chi connectivity index (χ0) is 7.68. The van der Waals surface area contributed by atoms with Gasteiger partial charge in [-0.2, -0.15) is 0 Å². The highest BCUT2D eigenvalue weighted by atomic mass is 16.5. The van der Waals surface area contributed by atoms with Gasteiger partial charge in [0.15, 0.2) is 0 Å². The lowest BCUT2D eigenvalue weighted by Crippen LogP contribution is -2.08. The first-order valence-electron chi connectivity index (χ1n) is 3.56. The van der Waals surface area contributed by atoms with E-state index < -0.39 is 0 Å². The molecule has 0 atom stereocenters. The lowest BCUT2D eigenvalue weighted by Gasteiger charge is -2.09. The largest absolute Gasteiger partial charge is 0.390 e. The molecular weight excluding hydrogens is 146 g/mol. The molecule has 0 fully saturated rings. The summed E-state index contributed by atoms with van der Waals surface area (Å²) < 4.78 is 10.2. The van der Waals surface area contributed by atoms with E-state index in [-0.39, 0.29) is 6.61 Å². The molecule has 0 aromatic carbocycles. The molecular formula is C7H9NO3. The van der Waals surface area contributed by atoms with E-state index in [1.165, 1.54) is 0 Å². The molecule has 4 heteroatoms. The maximum absolute atomic E-state index is 8.80. The van der Waals surface area contributed by atoms with Gasteiger partial charge in [0.25, 0.3) is 0 Å². The third-order valence-corrected chi connectivity index (χ3v) is 1.82. The van der Waals surface area contributed by atoms with E-state index in [9.17, 15) is 0 Å². The van der Waals surface area contributed by atoms with Crippen molar-refractivity contribution in [2.75, 3.05) is 6.61 Å². The summed E-state index contributed by atoms with van der Waals surface area (Å²) in [5.41, 5.74) is 1.54. The van der Waals surface area contributed by atoms with Gasteiger partial charge in [0.1, 0.15) is 11.5 Å². The van der Waals surface area contributed by atoms with Crippen molar-refractivity contribution in [1.29, 1.82) is 0 Å². The molecule has 1 aliphatic rings. The topological polar surface area (TPSA) is 55.5 Å². The van der Waals surface area contributed by atoms with Crippen LogP contribution in [-0.2, 0) is 24.4 Å². The van der Waals surface area contributed by atoms with Crippen LogP contribution in [0.25, 0.3) is 0 Å². The van der Waals surface area contributed by atoms with Crippen LogP contribution in [0, 0.1) is 0 Å². The van der Waals surface area contributed by atoms with E-state index in [4.69, 9.17) is 14.4 Å². The maximum Gasteiger partial charge on any atom is 0.144 e. The number of hydrogen-bond donors (Lipinski definition) is 1. The van der Waals surface area contributed by atoms with Crippen molar-refractivity contribution < 1.29 is 14.4 Å².